The van der Waals surface area contributed by atoms with Gasteiger partial charge in [0.1, 0.15) is 5.78 Å². The molecular weight excluding hydrogens is 684 g/mol. The van der Waals surface area contributed by atoms with E-state index in [0.29, 0.717) is 44.3 Å². The zero-order valence-electron chi connectivity index (χ0n) is 29.8. The van der Waals surface area contributed by atoms with E-state index in [0.717, 1.165) is 51.4 Å². The summed E-state index contributed by atoms with van der Waals surface area (Å²) in [5.74, 6) is -2.96. The topological polar surface area (TPSA) is 217 Å². The number of aliphatic carboxylic acids is 1. The molecule has 1 saturated heterocycles. The molecule has 5 N–H and O–H groups in total. The predicted molar refractivity (Wildman–Crippen MR) is 189 cm³/mol. The van der Waals surface area contributed by atoms with Gasteiger partial charge >= 0.3 is 18.0 Å². The maximum Gasteiger partial charge on any atom is 0.411 e. The fraction of sp³-hybridized carbons (Fsp3) is 0.778. The normalized spacial score (nSPS) is 21.7. The Bertz CT molecular complexity index is 1170. The summed E-state index contributed by atoms with van der Waals surface area (Å²) in [5.41, 5.74) is -2.38. The first kappa shape index (κ1) is 44.2. The van der Waals surface area contributed by atoms with Gasteiger partial charge in [0.15, 0.2) is 5.54 Å². The fourth-order valence-electron chi connectivity index (χ4n) is 6.37. The number of alkyl carbamates (subject to hydrolysis) is 1. The van der Waals surface area contributed by atoms with Gasteiger partial charge in [-0.1, -0.05) is 51.2 Å². The van der Waals surface area contributed by atoms with Crippen molar-refractivity contribution in [2.45, 2.75) is 145 Å². The van der Waals surface area contributed by atoms with Crippen molar-refractivity contribution in [3.05, 3.63) is 12.2 Å². The van der Waals surface area contributed by atoms with Crippen molar-refractivity contribution >= 4 is 48.3 Å². The Kier molecular flexibility index (Phi) is 20.4. The van der Waals surface area contributed by atoms with Crippen LogP contribution in [0.2, 0.25) is 0 Å². The summed E-state index contributed by atoms with van der Waals surface area (Å²) < 4.78 is 9.88. The molecule has 2 rings (SSSR count). The lowest BCUT2D eigenvalue weighted by Gasteiger charge is -2.31. The molecular formula is C36H58N2O12S. The summed E-state index contributed by atoms with van der Waals surface area (Å²) in [6, 6.07) is 0. The van der Waals surface area contributed by atoms with Crippen LogP contribution in [0.3, 0.4) is 0 Å². The van der Waals surface area contributed by atoms with Gasteiger partial charge in [-0.3, -0.25) is 24.1 Å². The molecule has 14 nitrogen and oxygen atoms in total. The van der Waals surface area contributed by atoms with Gasteiger partial charge in [0.05, 0.1) is 30.0 Å². The number of thiol groups is 1. The van der Waals surface area contributed by atoms with Crippen LogP contribution in [0.15, 0.2) is 12.2 Å². The lowest BCUT2D eigenvalue weighted by molar-refractivity contribution is -0.159. The summed E-state index contributed by atoms with van der Waals surface area (Å²) in [4.78, 5) is 74.3. The number of unbranched alkanes of at least 4 members (excludes halogenated alkanes) is 7. The highest BCUT2D eigenvalue weighted by Gasteiger charge is 2.43. The number of aliphatic hydroxyl groups is 3. The second-order valence-corrected chi connectivity index (χ2v) is 14.4. The first-order valence-electron chi connectivity index (χ1n) is 18.3. The lowest BCUT2D eigenvalue weighted by atomic mass is 9.82. The van der Waals surface area contributed by atoms with Crippen molar-refractivity contribution in [1.29, 1.82) is 0 Å². The molecule has 0 aromatic rings. The molecule has 0 spiro atoms. The molecule has 2 fully saturated rings. The van der Waals surface area contributed by atoms with E-state index in [-0.39, 0.29) is 37.1 Å². The standard InChI is InChI=1S/C36H58N2O12S/c1-2-3-4-10-13-27(40)14-11-8-6-5-7-9-12-15-28(41)29(42)21-36(23-39,34(46)47)37-35(48)50-24-49-33(45)26-18-16-25(17-19-26)22-38-31(43)20-30(51)32(38)44/h9,12,25-26,28-30,39,41-42,51H,2-8,10-11,13-24H2,1H3,(H,37,48)(H,46,47)/b12-9+/t25?,26?,28-,29-,30?,36-/m1/s1. The Balaban J connectivity index is 1.66. The second-order valence-electron chi connectivity index (χ2n) is 13.8. The van der Waals surface area contributed by atoms with Crippen molar-refractivity contribution < 1.29 is 58.7 Å². The van der Waals surface area contributed by atoms with Crippen LogP contribution in [-0.4, -0.2) is 104 Å². The zero-order valence-corrected chi connectivity index (χ0v) is 30.7. The van der Waals surface area contributed by atoms with Crippen LogP contribution < -0.4 is 5.32 Å². The number of nitrogens with one attached hydrogen (secondary N) is 1. The largest absolute Gasteiger partial charge is 0.479 e. The van der Waals surface area contributed by atoms with E-state index in [2.05, 4.69) is 19.6 Å². The van der Waals surface area contributed by atoms with Crippen LogP contribution >= 0.6 is 12.6 Å². The molecule has 1 unspecified atom stereocenters. The van der Waals surface area contributed by atoms with Gasteiger partial charge in [-0.05, 0) is 63.7 Å². The number of rotatable bonds is 25. The minimum absolute atomic E-state index is 0.0156. The number of carboxylic acids is 1. The highest BCUT2D eigenvalue weighted by atomic mass is 32.1. The predicted octanol–water partition coefficient (Wildman–Crippen LogP) is 3.83. The third kappa shape index (κ3) is 15.6. The van der Waals surface area contributed by atoms with Crippen LogP contribution in [0.4, 0.5) is 4.79 Å². The number of carbonyl (C=O) groups excluding carboxylic acids is 5. The number of hydrogen-bond acceptors (Lipinski definition) is 12. The third-order valence-electron chi connectivity index (χ3n) is 9.68. The molecule has 0 bridgehead atoms. The van der Waals surface area contributed by atoms with E-state index in [1.54, 1.807) is 6.08 Å². The van der Waals surface area contributed by atoms with Gasteiger partial charge in [-0.25, -0.2) is 9.59 Å². The monoisotopic (exact) mass is 742 g/mol. The van der Waals surface area contributed by atoms with Crippen LogP contribution in [0.25, 0.3) is 0 Å². The zero-order chi connectivity index (χ0) is 37.8. The highest BCUT2D eigenvalue weighted by Crippen LogP contribution is 2.32. The van der Waals surface area contributed by atoms with Gasteiger partial charge in [-0.15, -0.1) is 0 Å². The average molecular weight is 743 g/mol. The number of Topliss-reactive ketones (excluding diaryl/α,β-unsaturated/α-hetero) is 1. The van der Waals surface area contributed by atoms with E-state index in [4.69, 9.17) is 9.47 Å². The van der Waals surface area contributed by atoms with E-state index < -0.39 is 66.8 Å². The van der Waals surface area contributed by atoms with Crippen LogP contribution in [0, 0.1) is 11.8 Å². The Hall–Kier alpha value is -3.01. The molecule has 15 heteroatoms. The number of imide groups is 1. The van der Waals surface area contributed by atoms with E-state index in [9.17, 15) is 49.2 Å². The maximum absolute atomic E-state index is 12.5. The van der Waals surface area contributed by atoms with E-state index >= 15 is 0 Å². The summed E-state index contributed by atoms with van der Waals surface area (Å²) >= 11 is 4.13. The van der Waals surface area contributed by atoms with Gasteiger partial charge in [0.2, 0.25) is 18.6 Å². The number of carbonyl (C=O) groups is 6. The minimum Gasteiger partial charge on any atom is -0.479 e. The molecule has 3 amide bonds. The minimum atomic E-state index is -2.38. The fourth-order valence-corrected chi connectivity index (χ4v) is 6.66. The van der Waals surface area contributed by atoms with Crippen molar-refractivity contribution in [3.63, 3.8) is 0 Å². The van der Waals surface area contributed by atoms with Gasteiger partial charge < -0.3 is 35.2 Å². The molecule has 1 heterocycles. The number of esters is 1. The van der Waals surface area contributed by atoms with Crippen molar-refractivity contribution in [1.82, 2.24) is 10.2 Å². The maximum atomic E-state index is 12.5. The number of aliphatic hydroxyl groups excluding tert-OH is 3. The smallest absolute Gasteiger partial charge is 0.411 e. The Morgan fingerprint density at radius 2 is 1.59 bits per heavy atom. The molecule has 1 saturated carbocycles. The number of carboxylic acid groups (broad SMARTS) is 1. The number of hydrogen-bond donors (Lipinski definition) is 6. The highest BCUT2D eigenvalue weighted by molar-refractivity contribution is 7.81. The quantitative estimate of drug-likeness (QED) is 0.0197. The second kappa shape index (κ2) is 23.5. The molecule has 0 aromatic heterocycles. The summed E-state index contributed by atoms with van der Waals surface area (Å²) in [7, 11) is 0. The average Bonchev–Trinajstić information content (AvgIpc) is 3.34. The Labute approximate surface area is 306 Å². The van der Waals surface area contributed by atoms with Gasteiger partial charge in [-0.2, -0.15) is 12.6 Å². The SMILES string of the molecule is CCCCCCC(=O)CCCCCC/C=C/C[C@@H](O)[C@H](O)C[C@](CO)(NC(=O)OCOC(=O)C1CCC(CN2C(=O)CC(S)C2=O)CC1)C(=O)O. The summed E-state index contributed by atoms with van der Waals surface area (Å²) in [6.07, 6.45) is 10.7. The van der Waals surface area contributed by atoms with E-state index in [1.165, 1.54) is 11.3 Å². The molecule has 0 aromatic carbocycles. The molecule has 1 aliphatic carbocycles. The first-order chi connectivity index (χ1) is 24.3. The van der Waals surface area contributed by atoms with Crippen LogP contribution in [-0.2, 0) is 33.4 Å². The molecule has 4 atom stereocenters. The molecule has 290 valence electrons. The Morgan fingerprint density at radius 1 is 0.941 bits per heavy atom. The molecule has 2 aliphatic rings. The van der Waals surface area contributed by atoms with Crippen LogP contribution in [0.1, 0.15) is 122 Å². The molecule has 0 radical (unpaired) electrons. The van der Waals surface area contributed by atoms with Crippen molar-refractivity contribution in [2.75, 3.05) is 19.9 Å². The molecule has 51 heavy (non-hydrogen) atoms. The number of ketones is 1. The van der Waals surface area contributed by atoms with Crippen molar-refractivity contribution in [3.8, 4) is 0 Å². The van der Waals surface area contributed by atoms with E-state index in [1.807, 2.05) is 11.4 Å². The van der Waals surface area contributed by atoms with Gasteiger partial charge in [0, 0.05) is 32.2 Å². The number of ether oxygens (including phenoxy) is 2. The summed E-state index contributed by atoms with van der Waals surface area (Å²) in [6.45, 7) is 0.485. The first-order valence-corrected chi connectivity index (χ1v) is 18.9. The number of nitrogens with zero attached hydrogens (tertiary/aromatic N) is 1. The van der Waals surface area contributed by atoms with Crippen LogP contribution in [0.5, 0.6) is 0 Å². The third-order valence-corrected chi connectivity index (χ3v) is 10.1. The number of likely N-dealkylation sites (tertiary alicyclic amines) is 1. The Morgan fingerprint density at radius 3 is 2.18 bits per heavy atom. The summed E-state index contributed by atoms with van der Waals surface area (Å²) in [5, 5.41) is 42.0. The molecule has 1 aliphatic heterocycles. The lowest BCUT2D eigenvalue weighted by Crippen LogP contribution is -2.60. The van der Waals surface area contributed by atoms with Crippen molar-refractivity contribution in [2.24, 2.45) is 11.8 Å². The number of allylic oxidation sites excluding steroid dienone is 1. The number of amides is 3. The van der Waals surface area contributed by atoms with Gasteiger partial charge in [0.25, 0.3) is 0 Å².